The molecule has 0 saturated carbocycles. The van der Waals surface area contributed by atoms with Gasteiger partial charge in [0.2, 0.25) is 0 Å². The molecule has 5 heteroatoms. The number of hydrogen-bond acceptors (Lipinski definition) is 4. The van der Waals surface area contributed by atoms with Crippen molar-refractivity contribution in [1.29, 1.82) is 0 Å². The summed E-state index contributed by atoms with van der Waals surface area (Å²) in [5.41, 5.74) is 1.61. The summed E-state index contributed by atoms with van der Waals surface area (Å²) in [6, 6.07) is 12.8. The first-order chi connectivity index (χ1) is 9.99. The number of phenols is 1. The standard InChI is InChI=1S/C16H17IO4/c1-11-12(2)16(10-9-15(11)19)21-17(20-13(3)18)14-7-5-4-6-8-14/h4-10,19H,1-3H3. The normalized spacial score (nSPS) is 10.9. The fraction of sp³-hybridized carbons (Fsp3) is 0.188. The van der Waals surface area contributed by atoms with Gasteiger partial charge in [-0.3, -0.25) is 0 Å². The molecule has 0 atom stereocenters. The van der Waals surface area contributed by atoms with E-state index in [2.05, 4.69) is 0 Å². The molecule has 1 N–H and O–H groups in total. The Bertz CT molecular complexity index is 640. The van der Waals surface area contributed by atoms with Crippen molar-refractivity contribution in [1.82, 2.24) is 0 Å². The van der Waals surface area contributed by atoms with Crippen molar-refractivity contribution in [2.45, 2.75) is 20.8 Å². The molecular formula is C16H17IO4. The summed E-state index contributed by atoms with van der Waals surface area (Å²) >= 11 is -2.57. The van der Waals surface area contributed by atoms with Crippen LogP contribution in [0.2, 0.25) is 0 Å². The number of carbonyl (C=O) groups excluding carboxylic acids is 1. The molecule has 0 heterocycles. The molecule has 0 aliphatic heterocycles. The number of phenolic OH excluding ortho intramolecular Hbond substituents is 1. The second kappa shape index (κ2) is 6.80. The van der Waals surface area contributed by atoms with Crippen LogP contribution in [0, 0.1) is 17.4 Å². The van der Waals surface area contributed by atoms with Crippen LogP contribution < -0.4 is 3.07 Å². The van der Waals surface area contributed by atoms with Gasteiger partial charge in [-0.2, -0.15) is 0 Å². The Morgan fingerprint density at radius 2 is 1.71 bits per heavy atom. The number of halogens is 1. The third-order valence-corrected chi connectivity index (χ3v) is 6.58. The Labute approximate surface area is 132 Å². The fourth-order valence-corrected chi connectivity index (χ4v) is 4.73. The Kier molecular flexibility index (Phi) is 5.06. The van der Waals surface area contributed by atoms with Crippen LogP contribution in [-0.4, -0.2) is 11.1 Å². The third kappa shape index (κ3) is 3.87. The molecule has 112 valence electrons. The van der Waals surface area contributed by atoms with Crippen LogP contribution in [0.1, 0.15) is 18.1 Å². The zero-order valence-electron chi connectivity index (χ0n) is 12.1. The first kappa shape index (κ1) is 15.6. The van der Waals surface area contributed by atoms with Gasteiger partial charge in [-0.15, -0.1) is 0 Å². The van der Waals surface area contributed by atoms with E-state index < -0.39 is 20.6 Å². The second-order valence-corrected chi connectivity index (χ2v) is 7.86. The van der Waals surface area contributed by atoms with E-state index in [4.69, 9.17) is 6.13 Å². The van der Waals surface area contributed by atoms with E-state index in [0.717, 1.165) is 14.7 Å². The third-order valence-electron chi connectivity index (χ3n) is 2.95. The summed E-state index contributed by atoms with van der Waals surface area (Å²) in [7, 11) is 0. The van der Waals surface area contributed by atoms with Crippen LogP contribution in [0.15, 0.2) is 42.5 Å². The topological polar surface area (TPSA) is 55.8 Å². The van der Waals surface area contributed by atoms with Crippen LogP contribution in [0.4, 0.5) is 0 Å². The predicted octanol–water partition coefficient (Wildman–Crippen LogP) is 4.16. The summed E-state index contributed by atoms with van der Waals surface area (Å²) in [5, 5.41) is 9.69. The summed E-state index contributed by atoms with van der Waals surface area (Å²) in [6.45, 7) is 5.08. The van der Waals surface area contributed by atoms with E-state index in [1.807, 2.05) is 44.2 Å². The Hall–Kier alpha value is -1.76. The Morgan fingerprint density at radius 1 is 1.05 bits per heavy atom. The molecule has 2 aromatic carbocycles. The van der Waals surface area contributed by atoms with Crippen molar-refractivity contribution in [2.24, 2.45) is 0 Å². The van der Waals surface area contributed by atoms with Gasteiger partial charge in [0.15, 0.2) is 0 Å². The molecule has 0 amide bonds. The molecule has 2 aromatic rings. The Balaban J connectivity index is 2.32. The minimum atomic E-state index is -2.57. The van der Waals surface area contributed by atoms with Crippen molar-refractivity contribution < 1.29 is 16.0 Å². The van der Waals surface area contributed by atoms with Gasteiger partial charge in [-0.25, -0.2) is 0 Å². The number of carbonyl (C=O) groups is 1. The quantitative estimate of drug-likeness (QED) is 0.784. The summed E-state index contributed by atoms with van der Waals surface area (Å²) in [5.74, 6) is 0.519. The molecule has 0 aliphatic carbocycles. The number of rotatable bonds is 4. The van der Waals surface area contributed by atoms with E-state index in [1.165, 1.54) is 6.92 Å². The van der Waals surface area contributed by atoms with Crippen LogP contribution in [-0.2, 0) is 7.86 Å². The molecule has 0 aromatic heterocycles. The van der Waals surface area contributed by atoms with Crippen molar-refractivity contribution in [3.05, 3.63) is 57.2 Å². The average molecular weight is 400 g/mol. The van der Waals surface area contributed by atoms with Crippen molar-refractivity contribution >= 4 is 26.6 Å². The SMILES string of the molecule is CC(=O)OI(Oc1ccc(O)c(C)c1C)c1ccccc1. The molecular weight excluding hydrogens is 383 g/mol. The number of aromatic hydroxyl groups is 1. The van der Waals surface area contributed by atoms with Gasteiger partial charge >= 0.3 is 132 Å². The van der Waals surface area contributed by atoms with Gasteiger partial charge < -0.3 is 0 Å². The molecule has 2 rings (SSSR count). The van der Waals surface area contributed by atoms with Crippen LogP contribution >= 0.6 is 20.6 Å². The first-order valence-electron chi connectivity index (χ1n) is 6.40. The molecule has 0 bridgehead atoms. The number of hydrogen-bond donors (Lipinski definition) is 1. The number of benzene rings is 2. The maximum atomic E-state index is 11.3. The van der Waals surface area contributed by atoms with Gasteiger partial charge in [0.1, 0.15) is 0 Å². The first-order valence-corrected chi connectivity index (χ1v) is 9.25. The van der Waals surface area contributed by atoms with E-state index in [9.17, 15) is 9.90 Å². The zero-order valence-corrected chi connectivity index (χ0v) is 14.2. The van der Waals surface area contributed by atoms with Crippen molar-refractivity contribution in [3.63, 3.8) is 0 Å². The summed E-state index contributed by atoms with van der Waals surface area (Å²) in [4.78, 5) is 11.3. The molecule has 0 aliphatic rings. The Morgan fingerprint density at radius 3 is 2.33 bits per heavy atom. The fourth-order valence-electron chi connectivity index (χ4n) is 1.66. The summed E-state index contributed by atoms with van der Waals surface area (Å²) in [6.07, 6.45) is 0. The molecule has 4 nitrogen and oxygen atoms in total. The minimum absolute atomic E-state index is 0.229. The van der Waals surface area contributed by atoms with Gasteiger partial charge in [0.05, 0.1) is 0 Å². The molecule has 0 radical (unpaired) electrons. The van der Waals surface area contributed by atoms with Crippen molar-refractivity contribution in [2.75, 3.05) is 0 Å². The van der Waals surface area contributed by atoms with E-state index in [0.29, 0.717) is 5.75 Å². The van der Waals surface area contributed by atoms with Gasteiger partial charge in [-0.1, -0.05) is 0 Å². The molecule has 0 spiro atoms. The monoisotopic (exact) mass is 400 g/mol. The molecule has 0 fully saturated rings. The van der Waals surface area contributed by atoms with E-state index in [-0.39, 0.29) is 11.7 Å². The predicted molar refractivity (Wildman–Crippen MR) is 89.1 cm³/mol. The average Bonchev–Trinajstić information content (AvgIpc) is 2.47. The van der Waals surface area contributed by atoms with E-state index in [1.54, 1.807) is 12.1 Å². The van der Waals surface area contributed by atoms with Crippen LogP contribution in [0.5, 0.6) is 11.5 Å². The van der Waals surface area contributed by atoms with Crippen molar-refractivity contribution in [3.8, 4) is 11.5 Å². The van der Waals surface area contributed by atoms with Gasteiger partial charge in [0.25, 0.3) is 0 Å². The molecule has 0 saturated heterocycles. The summed E-state index contributed by atoms with van der Waals surface area (Å²) < 4.78 is 12.3. The molecule has 0 unspecified atom stereocenters. The second-order valence-electron chi connectivity index (χ2n) is 4.49. The van der Waals surface area contributed by atoms with E-state index >= 15 is 0 Å². The van der Waals surface area contributed by atoms with Gasteiger partial charge in [0, 0.05) is 0 Å². The van der Waals surface area contributed by atoms with Crippen LogP contribution in [0.25, 0.3) is 0 Å². The molecule has 21 heavy (non-hydrogen) atoms. The maximum absolute atomic E-state index is 11.3. The van der Waals surface area contributed by atoms with Crippen LogP contribution in [0.3, 0.4) is 0 Å². The van der Waals surface area contributed by atoms with Gasteiger partial charge in [-0.05, 0) is 0 Å². The zero-order chi connectivity index (χ0) is 15.4.